The predicted octanol–water partition coefficient (Wildman–Crippen LogP) is 2.49. The number of rotatable bonds is 7. The van der Waals surface area contributed by atoms with E-state index in [0.717, 1.165) is 12.8 Å². The Bertz CT molecular complexity index is 1490. The van der Waals surface area contributed by atoms with Crippen LogP contribution in [-0.2, 0) is 33.9 Å². The minimum absolute atomic E-state index is 0.0155. The molecular weight excluding hydrogens is 604 g/mol. The van der Waals surface area contributed by atoms with Crippen LogP contribution < -0.4 is 15.4 Å². The van der Waals surface area contributed by atoms with E-state index in [4.69, 9.17) is 9.47 Å². The van der Waals surface area contributed by atoms with Crippen LogP contribution in [0.1, 0.15) is 68.6 Å². The molecule has 3 saturated carbocycles. The number of benzene rings is 1. The Balaban J connectivity index is 1.33. The van der Waals surface area contributed by atoms with Gasteiger partial charge >= 0.3 is 12.1 Å². The van der Waals surface area contributed by atoms with Gasteiger partial charge in [-0.3, -0.25) is 24.4 Å². The second-order valence-corrected chi connectivity index (χ2v) is 14.2. The highest BCUT2D eigenvalue weighted by atomic mass is 32.2. The minimum atomic E-state index is -3.85. The summed E-state index contributed by atoms with van der Waals surface area (Å²) in [6.07, 6.45) is 5.62. The first kappa shape index (κ1) is 32.5. The Morgan fingerprint density at radius 3 is 2.56 bits per heavy atom. The SMILES string of the molecule is CCOC(=O)c1ccccc1NC(=O)OC1CC2C(=O)NC3(C(=O)NS(=O)(=O)C4CC4)CC3C=CCCCCN(C)C(=O)C2C1. The van der Waals surface area contributed by atoms with Crippen molar-refractivity contribution in [2.45, 2.75) is 75.2 Å². The van der Waals surface area contributed by atoms with Crippen LogP contribution in [0.15, 0.2) is 36.4 Å². The molecule has 13 nitrogen and oxygen atoms in total. The third-order valence-electron chi connectivity index (χ3n) is 8.93. The number of amides is 4. The van der Waals surface area contributed by atoms with Gasteiger partial charge in [0.2, 0.25) is 21.8 Å². The average Bonchev–Trinajstić information content (AvgIpc) is 3.91. The van der Waals surface area contributed by atoms with Gasteiger partial charge in [-0.2, -0.15) is 0 Å². The van der Waals surface area contributed by atoms with Gasteiger partial charge in [-0.25, -0.2) is 18.0 Å². The van der Waals surface area contributed by atoms with Crippen LogP contribution in [0.4, 0.5) is 10.5 Å². The third kappa shape index (κ3) is 7.32. The lowest BCUT2D eigenvalue weighted by Gasteiger charge is -2.26. The van der Waals surface area contributed by atoms with Crippen molar-refractivity contribution in [1.82, 2.24) is 14.9 Å². The standard InChI is InChI=1S/C31H40N4O9S/c1-3-43-28(38)22-11-7-8-12-25(22)32-30(40)44-20-16-23-24(17-20)27(37)35(2)15-9-5-4-6-10-19-18-31(19,33-26(23)36)29(39)34-45(41,42)21-13-14-21/h6-8,10-12,19-21,23-24H,3-5,9,13-18H2,1-2H3,(H,32,40)(H,33,36)(H,34,39). The molecule has 0 saturated heterocycles. The van der Waals surface area contributed by atoms with Gasteiger partial charge in [-0.15, -0.1) is 0 Å². The maximum absolute atomic E-state index is 13.8. The van der Waals surface area contributed by atoms with Crippen LogP contribution >= 0.6 is 0 Å². The molecule has 4 aliphatic rings. The third-order valence-corrected chi connectivity index (χ3v) is 10.7. The summed E-state index contributed by atoms with van der Waals surface area (Å²) >= 11 is 0. The van der Waals surface area contributed by atoms with Gasteiger partial charge in [0.15, 0.2) is 0 Å². The lowest BCUT2D eigenvalue weighted by atomic mass is 9.93. The molecule has 1 aromatic rings. The largest absolute Gasteiger partial charge is 0.462 e. The molecule has 4 amide bonds. The lowest BCUT2D eigenvalue weighted by Crippen LogP contribution is -2.54. The van der Waals surface area contributed by atoms with E-state index in [1.807, 2.05) is 12.2 Å². The molecule has 5 rings (SSSR count). The van der Waals surface area contributed by atoms with E-state index in [1.165, 1.54) is 12.1 Å². The van der Waals surface area contributed by atoms with Gasteiger partial charge in [0.25, 0.3) is 5.91 Å². The first-order chi connectivity index (χ1) is 21.4. The fourth-order valence-electron chi connectivity index (χ4n) is 6.16. The molecule has 0 aromatic heterocycles. The molecule has 0 radical (unpaired) electrons. The molecule has 5 atom stereocenters. The number of nitrogens with one attached hydrogen (secondary N) is 3. The van der Waals surface area contributed by atoms with Crippen molar-refractivity contribution in [2.24, 2.45) is 17.8 Å². The highest BCUT2D eigenvalue weighted by Gasteiger charge is 2.62. The number of fused-ring (bicyclic) bond motifs is 2. The quantitative estimate of drug-likeness (QED) is 0.297. The van der Waals surface area contributed by atoms with E-state index in [1.54, 1.807) is 31.0 Å². The summed E-state index contributed by atoms with van der Waals surface area (Å²) in [4.78, 5) is 67.6. The minimum Gasteiger partial charge on any atom is -0.462 e. The van der Waals surface area contributed by atoms with Crippen LogP contribution in [-0.4, -0.2) is 80.2 Å². The molecule has 45 heavy (non-hydrogen) atoms. The Hall–Kier alpha value is -3.94. The number of hydrogen-bond acceptors (Lipinski definition) is 9. The van der Waals surface area contributed by atoms with Crippen molar-refractivity contribution in [1.29, 1.82) is 0 Å². The first-order valence-corrected chi connectivity index (χ1v) is 17.0. The summed E-state index contributed by atoms with van der Waals surface area (Å²) in [6.45, 7) is 2.31. The molecule has 0 bridgehead atoms. The zero-order valence-corrected chi connectivity index (χ0v) is 26.3. The van der Waals surface area contributed by atoms with Gasteiger partial charge in [0, 0.05) is 19.5 Å². The normalized spacial score (nSPS) is 28.5. The number of sulfonamides is 1. The van der Waals surface area contributed by atoms with Crippen LogP contribution in [0, 0.1) is 17.8 Å². The molecule has 0 spiro atoms. The van der Waals surface area contributed by atoms with E-state index >= 15 is 0 Å². The van der Waals surface area contributed by atoms with Crippen molar-refractivity contribution in [3.05, 3.63) is 42.0 Å². The van der Waals surface area contributed by atoms with Crippen molar-refractivity contribution in [3.63, 3.8) is 0 Å². The van der Waals surface area contributed by atoms with Crippen LogP contribution in [0.3, 0.4) is 0 Å². The van der Waals surface area contributed by atoms with Crippen molar-refractivity contribution < 1.29 is 41.9 Å². The van der Waals surface area contributed by atoms with Gasteiger partial charge in [0.05, 0.1) is 34.9 Å². The molecule has 1 heterocycles. The first-order valence-electron chi connectivity index (χ1n) is 15.5. The molecule has 1 aliphatic heterocycles. The summed E-state index contributed by atoms with van der Waals surface area (Å²) in [5, 5.41) is 4.76. The molecule has 3 N–H and O–H groups in total. The molecule has 3 fully saturated rings. The van der Waals surface area contributed by atoms with Crippen molar-refractivity contribution in [2.75, 3.05) is 25.5 Å². The molecule has 3 aliphatic carbocycles. The average molecular weight is 645 g/mol. The van der Waals surface area contributed by atoms with E-state index in [9.17, 15) is 32.4 Å². The Morgan fingerprint density at radius 1 is 1.09 bits per heavy atom. The molecule has 1 aromatic carbocycles. The molecule has 14 heteroatoms. The monoisotopic (exact) mass is 644 g/mol. The summed E-state index contributed by atoms with van der Waals surface area (Å²) in [5.74, 6) is -4.39. The summed E-state index contributed by atoms with van der Waals surface area (Å²) in [5.41, 5.74) is -1.12. The number of nitrogens with zero attached hydrogens (tertiary/aromatic N) is 1. The summed E-state index contributed by atoms with van der Waals surface area (Å²) < 4.78 is 38.1. The fraction of sp³-hybridized carbons (Fsp3) is 0.581. The Morgan fingerprint density at radius 2 is 1.82 bits per heavy atom. The van der Waals surface area contributed by atoms with Gasteiger partial charge in [-0.1, -0.05) is 24.3 Å². The maximum Gasteiger partial charge on any atom is 0.411 e. The number of carbonyl (C=O) groups excluding carboxylic acids is 5. The Labute approximate surface area is 262 Å². The van der Waals surface area contributed by atoms with E-state index in [2.05, 4.69) is 15.4 Å². The number of hydrogen-bond donors (Lipinski definition) is 3. The van der Waals surface area contributed by atoms with E-state index in [-0.39, 0.29) is 43.0 Å². The molecule has 244 valence electrons. The lowest BCUT2D eigenvalue weighted by molar-refractivity contribution is -0.140. The van der Waals surface area contributed by atoms with Crippen LogP contribution in [0.2, 0.25) is 0 Å². The van der Waals surface area contributed by atoms with Gasteiger partial charge < -0.3 is 19.7 Å². The Kier molecular flexibility index (Phi) is 9.52. The molecular formula is C31H40N4O9S. The summed E-state index contributed by atoms with van der Waals surface area (Å²) in [6, 6.07) is 6.30. The maximum atomic E-state index is 13.8. The zero-order chi connectivity index (χ0) is 32.4. The second-order valence-electron chi connectivity index (χ2n) is 12.2. The number of allylic oxidation sites excluding steroid dienone is 1. The molecule has 5 unspecified atom stereocenters. The van der Waals surface area contributed by atoms with E-state index in [0.29, 0.717) is 25.8 Å². The highest BCUT2D eigenvalue weighted by molar-refractivity contribution is 7.91. The number of ether oxygens (including phenoxy) is 2. The van der Waals surface area contributed by atoms with Gasteiger partial charge in [-0.05, 0) is 70.4 Å². The van der Waals surface area contributed by atoms with Crippen molar-refractivity contribution >= 4 is 45.5 Å². The number of carbonyl (C=O) groups is 5. The second kappa shape index (κ2) is 13.2. The predicted molar refractivity (Wildman–Crippen MR) is 162 cm³/mol. The topological polar surface area (TPSA) is 177 Å². The highest BCUT2D eigenvalue weighted by Crippen LogP contribution is 2.47. The summed E-state index contributed by atoms with van der Waals surface area (Å²) in [7, 11) is -2.18. The van der Waals surface area contributed by atoms with Crippen molar-refractivity contribution in [3.8, 4) is 0 Å². The number of anilines is 1. The van der Waals surface area contributed by atoms with Gasteiger partial charge in [0.1, 0.15) is 11.6 Å². The number of esters is 1. The van der Waals surface area contributed by atoms with E-state index < -0.39 is 68.5 Å². The van der Waals surface area contributed by atoms with Crippen LogP contribution in [0.25, 0.3) is 0 Å². The number of para-hydroxylation sites is 1. The fourth-order valence-corrected chi connectivity index (χ4v) is 7.53. The van der Waals surface area contributed by atoms with Crippen LogP contribution in [0.5, 0.6) is 0 Å². The zero-order valence-electron chi connectivity index (χ0n) is 25.5. The smallest absolute Gasteiger partial charge is 0.411 e.